The van der Waals surface area contributed by atoms with Crippen molar-refractivity contribution >= 4 is 33.8 Å². The molecule has 1 aliphatic rings. The first-order valence-electron chi connectivity index (χ1n) is 10.2. The lowest BCUT2D eigenvalue weighted by Crippen LogP contribution is -2.54. The number of allylic oxidation sites excluding steroid dienone is 1. The number of hydrogen-bond donors (Lipinski definition) is 4. The second-order valence-electron chi connectivity index (χ2n) is 7.82. The highest BCUT2D eigenvalue weighted by Gasteiger charge is 2.26. The van der Waals surface area contributed by atoms with Gasteiger partial charge in [0.05, 0.1) is 24.5 Å². The average Bonchev–Trinajstić information content (AvgIpc) is 3.35. The van der Waals surface area contributed by atoms with Crippen molar-refractivity contribution in [3.8, 4) is 5.75 Å². The van der Waals surface area contributed by atoms with Crippen molar-refractivity contribution in [3.63, 3.8) is 0 Å². The number of imidazole rings is 1. The number of methoxy groups -OCH3 is 1. The molecule has 0 bridgehead atoms. The van der Waals surface area contributed by atoms with Crippen LogP contribution in [0.1, 0.15) is 12.0 Å². The molecule has 31 heavy (non-hydrogen) atoms. The summed E-state index contributed by atoms with van der Waals surface area (Å²) in [6.07, 6.45) is 8.86. The van der Waals surface area contributed by atoms with Gasteiger partial charge < -0.3 is 24.9 Å². The van der Waals surface area contributed by atoms with E-state index in [2.05, 4.69) is 25.6 Å². The number of aryl methyl sites for hydroxylation is 2. The van der Waals surface area contributed by atoms with Crippen LogP contribution >= 0.6 is 0 Å². The largest absolute Gasteiger partial charge is 0.497 e. The molecular weight excluding hydrogens is 390 g/mol. The van der Waals surface area contributed by atoms with Crippen LogP contribution in [-0.4, -0.2) is 33.6 Å². The number of aromatic nitrogens is 3. The van der Waals surface area contributed by atoms with Crippen molar-refractivity contribution in [2.45, 2.75) is 18.6 Å². The lowest BCUT2D eigenvalue weighted by atomic mass is 10.0. The summed E-state index contributed by atoms with van der Waals surface area (Å²) in [5, 5.41) is 7.86. The highest BCUT2D eigenvalue weighted by atomic mass is 16.5. The smallest absolute Gasteiger partial charge is 0.183 e. The van der Waals surface area contributed by atoms with Crippen LogP contribution in [0.15, 0.2) is 65.8 Å². The fourth-order valence-electron chi connectivity index (χ4n) is 3.94. The summed E-state index contributed by atoms with van der Waals surface area (Å²) in [4.78, 5) is 12.2. The molecule has 0 fully saturated rings. The first-order chi connectivity index (χ1) is 15.0. The molecule has 0 saturated heterocycles. The molecular formula is C23H25N7O. The predicted molar refractivity (Wildman–Crippen MR) is 124 cm³/mol. The van der Waals surface area contributed by atoms with Gasteiger partial charge in [0, 0.05) is 42.5 Å². The number of aliphatic imine (C=N–C) groups is 1. The summed E-state index contributed by atoms with van der Waals surface area (Å²) in [6.45, 7) is 0. The molecule has 3 heterocycles. The predicted octanol–water partition coefficient (Wildman–Crippen LogP) is 3.24. The molecule has 0 amide bonds. The van der Waals surface area contributed by atoms with Crippen molar-refractivity contribution in [3.05, 3.63) is 66.4 Å². The standard InChI is InChI=1S/C23H25N7O/c1-30-14-26-20-11-16(3-6-21(20)30)28-22-8-10-27-23(24,29-22)9-7-15-13-25-19-5-4-17(31-2)12-18(15)19/h3-6,8,10-14,25,28-29H,7,9,24H2,1-2H3. The molecule has 5 rings (SSSR count). The van der Waals surface area contributed by atoms with Crippen LogP contribution in [0, 0.1) is 0 Å². The molecule has 1 aliphatic heterocycles. The van der Waals surface area contributed by atoms with Crippen LogP contribution in [0.2, 0.25) is 0 Å². The maximum atomic E-state index is 6.57. The number of nitrogens with two attached hydrogens (primary N) is 1. The molecule has 8 heteroatoms. The Morgan fingerprint density at radius 1 is 1.23 bits per heavy atom. The summed E-state index contributed by atoms with van der Waals surface area (Å²) in [6, 6.07) is 12.1. The van der Waals surface area contributed by atoms with Crippen LogP contribution in [-0.2, 0) is 13.5 Å². The monoisotopic (exact) mass is 415 g/mol. The van der Waals surface area contributed by atoms with Crippen molar-refractivity contribution in [1.29, 1.82) is 0 Å². The normalized spacial score (nSPS) is 18.2. The van der Waals surface area contributed by atoms with Crippen LogP contribution in [0.25, 0.3) is 21.9 Å². The zero-order valence-electron chi connectivity index (χ0n) is 17.5. The molecule has 8 nitrogen and oxygen atoms in total. The zero-order chi connectivity index (χ0) is 21.4. The number of rotatable bonds is 6. The second-order valence-corrected chi connectivity index (χ2v) is 7.82. The third kappa shape index (κ3) is 3.73. The van der Waals surface area contributed by atoms with Crippen molar-refractivity contribution in [2.75, 3.05) is 12.4 Å². The van der Waals surface area contributed by atoms with Gasteiger partial charge in [-0.3, -0.25) is 10.7 Å². The SMILES string of the molecule is COc1ccc2[nH]cc(CCC3(N)N=CC=C(Nc4ccc5c(c4)ncn5C)N3)c2c1. The van der Waals surface area contributed by atoms with Gasteiger partial charge in [-0.25, -0.2) is 4.98 Å². The van der Waals surface area contributed by atoms with Crippen LogP contribution in [0.4, 0.5) is 5.69 Å². The molecule has 2 aromatic carbocycles. The third-order valence-electron chi connectivity index (χ3n) is 5.65. The fraction of sp³-hybridized carbons (Fsp3) is 0.217. The number of aromatic amines is 1. The van der Waals surface area contributed by atoms with Gasteiger partial charge in [0.15, 0.2) is 5.79 Å². The van der Waals surface area contributed by atoms with Crippen LogP contribution in [0.3, 0.4) is 0 Å². The van der Waals surface area contributed by atoms with E-state index in [1.807, 2.05) is 66.6 Å². The molecule has 158 valence electrons. The maximum Gasteiger partial charge on any atom is 0.183 e. The van der Waals surface area contributed by atoms with Crippen molar-refractivity contribution < 1.29 is 4.74 Å². The molecule has 4 aromatic rings. The van der Waals surface area contributed by atoms with E-state index in [4.69, 9.17) is 10.5 Å². The summed E-state index contributed by atoms with van der Waals surface area (Å²) >= 11 is 0. The fourth-order valence-corrected chi connectivity index (χ4v) is 3.94. The Kier molecular flexibility index (Phi) is 4.63. The van der Waals surface area contributed by atoms with Gasteiger partial charge in [0.25, 0.3) is 0 Å². The molecule has 0 spiro atoms. The number of nitrogens with one attached hydrogen (secondary N) is 3. The van der Waals surface area contributed by atoms with E-state index < -0.39 is 5.79 Å². The van der Waals surface area contributed by atoms with Crippen molar-refractivity contribution in [2.24, 2.45) is 17.8 Å². The number of ether oxygens (including phenoxy) is 1. The van der Waals surface area contributed by atoms with E-state index in [-0.39, 0.29) is 0 Å². The Bertz CT molecular complexity index is 1320. The molecule has 1 unspecified atom stereocenters. The number of fused-ring (bicyclic) bond motifs is 2. The summed E-state index contributed by atoms with van der Waals surface area (Å²) < 4.78 is 7.36. The second kappa shape index (κ2) is 7.48. The van der Waals surface area contributed by atoms with Gasteiger partial charge in [-0.2, -0.15) is 0 Å². The number of anilines is 1. The Balaban J connectivity index is 1.28. The number of benzene rings is 2. The minimum atomic E-state index is -0.894. The first kappa shape index (κ1) is 19.2. The molecule has 2 aromatic heterocycles. The Labute approximate surface area is 179 Å². The highest BCUT2D eigenvalue weighted by Crippen LogP contribution is 2.26. The van der Waals surface area contributed by atoms with Crippen molar-refractivity contribution in [1.82, 2.24) is 19.9 Å². The van der Waals surface area contributed by atoms with Gasteiger partial charge in [0.1, 0.15) is 11.6 Å². The molecule has 1 atom stereocenters. The zero-order valence-corrected chi connectivity index (χ0v) is 17.5. The van der Waals surface area contributed by atoms with E-state index in [9.17, 15) is 0 Å². The molecule has 5 N–H and O–H groups in total. The minimum Gasteiger partial charge on any atom is -0.497 e. The quantitative estimate of drug-likeness (QED) is 0.387. The Morgan fingerprint density at radius 2 is 2.13 bits per heavy atom. The summed E-state index contributed by atoms with van der Waals surface area (Å²) in [5.41, 5.74) is 11.8. The van der Waals surface area contributed by atoms with E-state index in [1.165, 1.54) is 5.56 Å². The van der Waals surface area contributed by atoms with Gasteiger partial charge in [-0.1, -0.05) is 0 Å². The molecule has 0 radical (unpaired) electrons. The van der Waals surface area contributed by atoms with Gasteiger partial charge >= 0.3 is 0 Å². The molecule has 0 aliphatic carbocycles. The van der Waals surface area contributed by atoms with Gasteiger partial charge in [-0.15, -0.1) is 0 Å². The average molecular weight is 416 g/mol. The third-order valence-corrected chi connectivity index (χ3v) is 5.65. The highest BCUT2D eigenvalue weighted by molar-refractivity contribution is 5.85. The van der Waals surface area contributed by atoms with E-state index >= 15 is 0 Å². The lowest BCUT2D eigenvalue weighted by Gasteiger charge is -2.31. The molecule has 0 saturated carbocycles. The Morgan fingerprint density at radius 3 is 3.00 bits per heavy atom. The minimum absolute atomic E-state index is 0.631. The number of hydrogen-bond acceptors (Lipinski definition) is 6. The van der Waals surface area contributed by atoms with E-state index in [0.29, 0.717) is 6.42 Å². The summed E-state index contributed by atoms with van der Waals surface area (Å²) in [5.74, 6) is 0.742. The first-order valence-corrected chi connectivity index (χ1v) is 10.2. The van der Waals surface area contributed by atoms with Gasteiger partial charge in [0.2, 0.25) is 0 Å². The number of nitrogens with zero attached hydrogens (tertiary/aromatic N) is 3. The van der Waals surface area contributed by atoms with Gasteiger partial charge in [-0.05, 0) is 54.5 Å². The lowest BCUT2D eigenvalue weighted by molar-refractivity contribution is 0.356. The topological polar surface area (TPSA) is 105 Å². The van der Waals surface area contributed by atoms with Crippen LogP contribution < -0.4 is 21.1 Å². The van der Waals surface area contributed by atoms with Crippen LogP contribution in [0.5, 0.6) is 5.75 Å². The Hall–Kier alpha value is -3.78. The maximum absolute atomic E-state index is 6.57. The van der Waals surface area contributed by atoms with E-state index in [1.54, 1.807) is 13.3 Å². The van der Waals surface area contributed by atoms with E-state index in [0.717, 1.165) is 45.6 Å². The summed E-state index contributed by atoms with van der Waals surface area (Å²) in [7, 11) is 3.66. The number of H-pyrrole nitrogens is 1.